The third kappa shape index (κ3) is 6.27. The molecule has 2 aromatic heterocycles. The summed E-state index contributed by atoms with van der Waals surface area (Å²) in [5, 5.41) is 20.4. The Kier molecular flexibility index (Phi) is 7.88. The number of alkyl carbamates (subject to hydrolysis) is 1. The number of carbonyl (C=O) groups excluding carboxylic acids is 1. The SMILES string of the molecule is COc1cccc(Nc2ncnn3ccc(CN4CC[C@H](NC(=O)OCc5ccccc5)[C@@H](C(=O)O)C4)c23)c1. The van der Waals surface area contributed by atoms with Crippen molar-refractivity contribution in [2.45, 2.75) is 25.6 Å². The molecule has 2 atom stereocenters. The first kappa shape index (κ1) is 26.0. The number of piperidine rings is 1. The predicted octanol–water partition coefficient (Wildman–Crippen LogP) is 3.68. The molecule has 3 heterocycles. The normalized spacial score (nSPS) is 17.5. The predicted molar refractivity (Wildman–Crippen MR) is 144 cm³/mol. The molecule has 1 amide bonds. The minimum atomic E-state index is -0.960. The van der Waals surface area contributed by atoms with E-state index in [2.05, 4.69) is 25.6 Å². The molecule has 1 aliphatic heterocycles. The van der Waals surface area contributed by atoms with Gasteiger partial charge in [-0.15, -0.1) is 0 Å². The van der Waals surface area contributed by atoms with Gasteiger partial charge in [0, 0.05) is 43.6 Å². The van der Waals surface area contributed by atoms with Crippen LogP contribution >= 0.6 is 0 Å². The maximum atomic E-state index is 12.4. The lowest BCUT2D eigenvalue weighted by atomic mass is 9.92. The van der Waals surface area contributed by atoms with E-state index in [0.717, 1.165) is 28.1 Å². The van der Waals surface area contributed by atoms with Gasteiger partial charge in [-0.1, -0.05) is 36.4 Å². The zero-order valence-electron chi connectivity index (χ0n) is 21.5. The Balaban J connectivity index is 1.25. The molecule has 11 nitrogen and oxygen atoms in total. The fraction of sp³-hybridized carbons (Fsp3) is 0.286. The molecule has 0 saturated carbocycles. The number of ether oxygens (including phenoxy) is 2. The number of aliphatic carboxylic acids is 1. The van der Waals surface area contributed by atoms with Crippen molar-refractivity contribution in [3.05, 3.63) is 84.3 Å². The molecule has 0 spiro atoms. The largest absolute Gasteiger partial charge is 0.497 e. The number of hydrogen-bond acceptors (Lipinski definition) is 8. The van der Waals surface area contributed by atoms with Crippen LogP contribution in [-0.2, 0) is 22.7 Å². The Bertz CT molecular complexity index is 1440. The van der Waals surface area contributed by atoms with Gasteiger partial charge in [0.1, 0.15) is 24.2 Å². The minimum absolute atomic E-state index is 0.124. The molecule has 0 bridgehead atoms. The zero-order chi connectivity index (χ0) is 27.2. The van der Waals surface area contributed by atoms with Gasteiger partial charge in [-0.2, -0.15) is 5.10 Å². The van der Waals surface area contributed by atoms with Gasteiger partial charge < -0.3 is 25.2 Å². The van der Waals surface area contributed by atoms with Gasteiger partial charge in [0.15, 0.2) is 5.82 Å². The fourth-order valence-electron chi connectivity index (χ4n) is 4.82. The number of likely N-dealkylation sites (tertiary alicyclic amines) is 1. The smallest absolute Gasteiger partial charge is 0.407 e. The van der Waals surface area contributed by atoms with Gasteiger partial charge in [0.05, 0.1) is 13.0 Å². The highest BCUT2D eigenvalue weighted by Crippen LogP contribution is 2.27. The standard InChI is InChI=1S/C28H30N6O5/c1-38-22-9-5-8-21(14-22)31-26-25-20(10-13-34(25)30-18-29-26)15-33-12-11-24(23(16-33)27(35)36)32-28(37)39-17-19-6-3-2-4-7-19/h2-10,13-14,18,23-24H,11-12,15-17H2,1H3,(H,32,37)(H,35,36)(H,29,30,31)/t23-,24-/m0/s1. The molecule has 5 rings (SSSR count). The number of fused-ring (bicyclic) bond motifs is 1. The summed E-state index contributed by atoms with van der Waals surface area (Å²) < 4.78 is 12.4. The molecule has 202 valence electrons. The molecule has 1 fully saturated rings. The summed E-state index contributed by atoms with van der Waals surface area (Å²) in [5.74, 6) is -0.382. The molecule has 4 aromatic rings. The van der Waals surface area contributed by atoms with E-state index < -0.39 is 24.0 Å². The molecule has 1 aliphatic rings. The molecule has 11 heteroatoms. The summed E-state index contributed by atoms with van der Waals surface area (Å²) in [4.78, 5) is 31.1. The number of nitrogens with zero attached hydrogens (tertiary/aromatic N) is 4. The summed E-state index contributed by atoms with van der Waals surface area (Å²) in [6, 6.07) is 18.3. The molecular weight excluding hydrogens is 500 g/mol. The number of carbonyl (C=O) groups is 2. The highest BCUT2D eigenvalue weighted by molar-refractivity contribution is 5.77. The van der Waals surface area contributed by atoms with E-state index in [1.165, 1.54) is 6.33 Å². The minimum Gasteiger partial charge on any atom is -0.497 e. The number of carboxylic acids is 1. The first-order valence-corrected chi connectivity index (χ1v) is 12.6. The van der Waals surface area contributed by atoms with Gasteiger partial charge in [0.2, 0.25) is 0 Å². The molecular formula is C28H30N6O5. The van der Waals surface area contributed by atoms with Crippen LogP contribution in [0.4, 0.5) is 16.3 Å². The summed E-state index contributed by atoms with van der Waals surface area (Å²) in [5.41, 5.74) is 3.44. The van der Waals surface area contributed by atoms with E-state index in [0.29, 0.717) is 25.3 Å². The van der Waals surface area contributed by atoms with E-state index in [4.69, 9.17) is 9.47 Å². The quantitative estimate of drug-likeness (QED) is 0.297. The van der Waals surface area contributed by atoms with Crippen molar-refractivity contribution >= 4 is 29.1 Å². The van der Waals surface area contributed by atoms with E-state index in [1.54, 1.807) is 11.6 Å². The number of methoxy groups -OCH3 is 1. The number of carboxylic acid groups (broad SMARTS) is 1. The van der Waals surface area contributed by atoms with Crippen LogP contribution in [0, 0.1) is 5.92 Å². The van der Waals surface area contributed by atoms with Crippen molar-refractivity contribution in [1.82, 2.24) is 24.8 Å². The van der Waals surface area contributed by atoms with E-state index in [1.807, 2.05) is 66.9 Å². The van der Waals surface area contributed by atoms with Gasteiger partial charge in [-0.3, -0.25) is 9.69 Å². The van der Waals surface area contributed by atoms with Crippen LogP contribution in [0.1, 0.15) is 17.5 Å². The van der Waals surface area contributed by atoms with Crippen molar-refractivity contribution in [3.63, 3.8) is 0 Å². The third-order valence-electron chi connectivity index (χ3n) is 6.79. The Morgan fingerprint density at radius 3 is 2.77 bits per heavy atom. The van der Waals surface area contributed by atoms with Crippen molar-refractivity contribution in [2.24, 2.45) is 5.92 Å². The Hall–Kier alpha value is -4.64. The van der Waals surface area contributed by atoms with Crippen LogP contribution in [0.3, 0.4) is 0 Å². The summed E-state index contributed by atoms with van der Waals surface area (Å²) in [6.07, 6.45) is 3.20. The van der Waals surface area contributed by atoms with E-state index >= 15 is 0 Å². The molecule has 0 radical (unpaired) electrons. The van der Waals surface area contributed by atoms with Gasteiger partial charge >= 0.3 is 12.1 Å². The zero-order valence-corrected chi connectivity index (χ0v) is 21.5. The van der Waals surface area contributed by atoms with Crippen molar-refractivity contribution in [3.8, 4) is 5.75 Å². The second-order valence-electron chi connectivity index (χ2n) is 9.38. The average Bonchev–Trinajstić information content (AvgIpc) is 3.37. The first-order chi connectivity index (χ1) is 19.0. The highest BCUT2D eigenvalue weighted by Gasteiger charge is 2.36. The lowest BCUT2D eigenvalue weighted by Gasteiger charge is -2.36. The van der Waals surface area contributed by atoms with Crippen LogP contribution in [0.15, 0.2) is 73.2 Å². The molecule has 0 aliphatic carbocycles. The number of nitrogens with one attached hydrogen (secondary N) is 2. The molecule has 2 aromatic carbocycles. The fourth-order valence-corrected chi connectivity index (χ4v) is 4.82. The van der Waals surface area contributed by atoms with Crippen LogP contribution in [0.5, 0.6) is 5.75 Å². The van der Waals surface area contributed by atoms with Crippen LogP contribution in [-0.4, -0.2) is 62.9 Å². The maximum Gasteiger partial charge on any atom is 0.407 e. The van der Waals surface area contributed by atoms with E-state index in [-0.39, 0.29) is 13.2 Å². The second kappa shape index (κ2) is 11.8. The molecule has 3 N–H and O–H groups in total. The van der Waals surface area contributed by atoms with Gasteiger partial charge in [-0.05, 0) is 35.7 Å². The lowest BCUT2D eigenvalue weighted by Crippen LogP contribution is -2.53. The van der Waals surface area contributed by atoms with E-state index in [9.17, 15) is 14.7 Å². The maximum absolute atomic E-state index is 12.4. The summed E-state index contributed by atoms with van der Waals surface area (Å²) in [6.45, 7) is 1.52. The number of aromatic nitrogens is 3. The lowest BCUT2D eigenvalue weighted by molar-refractivity contribution is -0.144. The van der Waals surface area contributed by atoms with Crippen LogP contribution < -0.4 is 15.4 Å². The monoisotopic (exact) mass is 530 g/mol. The number of anilines is 2. The number of hydrogen-bond donors (Lipinski definition) is 3. The van der Waals surface area contributed by atoms with Gasteiger partial charge in [0.25, 0.3) is 0 Å². The van der Waals surface area contributed by atoms with Crippen molar-refractivity contribution < 1.29 is 24.2 Å². The van der Waals surface area contributed by atoms with Crippen molar-refractivity contribution in [2.75, 3.05) is 25.5 Å². The topological polar surface area (TPSA) is 130 Å². The number of benzene rings is 2. The molecule has 39 heavy (non-hydrogen) atoms. The third-order valence-corrected chi connectivity index (χ3v) is 6.79. The highest BCUT2D eigenvalue weighted by atomic mass is 16.5. The van der Waals surface area contributed by atoms with Crippen molar-refractivity contribution in [1.29, 1.82) is 0 Å². The Morgan fingerprint density at radius 2 is 1.97 bits per heavy atom. The number of amides is 1. The molecule has 0 unspecified atom stereocenters. The Morgan fingerprint density at radius 1 is 1.13 bits per heavy atom. The summed E-state index contributed by atoms with van der Waals surface area (Å²) >= 11 is 0. The average molecular weight is 531 g/mol. The van der Waals surface area contributed by atoms with Gasteiger partial charge in [-0.25, -0.2) is 14.3 Å². The first-order valence-electron chi connectivity index (χ1n) is 12.6. The van der Waals surface area contributed by atoms with Crippen LogP contribution in [0.25, 0.3) is 5.52 Å². The van der Waals surface area contributed by atoms with Crippen LogP contribution in [0.2, 0.25) is 0 Å². The number of rotatable bonds is 9. The summed E-state index contributed by atoms with van der Waals surface area (Å²) in [7, 11) is 1.61. The Labute approximate surface area is 225 Å². The molecule has 1 saturated heterocycles. The second-order valence-corrected chi connectivity index (χ2v) is 9.38.